The molecule has 0 unspecified atom stereocenters. The van der Waals surface area contributed by atoms with Gasteiger partial charge in [0.1, 0.15) is 0 Å². The van der Waals surface area contributed by atoms with Crippen LogP contribution in [0.15, 0.2) is 30.5 Å². The maximum absolute atomic E-state index is 4.55. The maximum Gasteiger partial charge on any atom is 0.247 e. The highest BCUT2D eigenvalue weighted by Crippen LogP contribution is 2.21. The van der Waals surface area contributed by atoms with Gasteiger partial charge in [0.25, 0.3) is 0 Å². The van der Waals surface area contributed by atoms with Crippen LogP contribution in [0.5, 0.6) is 0 Å². The molecule has 0 saturated carbocycles. The van der Waals surface area contributed by atoms with Crippen molar-refractivity contribution in [1.29, 1.82) is 0 Å². The second-order valence-electron chi connectivity index (χ2n) is 5.74. The van der Waals surface area contributed by atoms with Crippen molar-refractivity contribution in [2.45, 2.75) is 32.6 Å². The fourth-order valence-electron chi connectivity index (χ4n) is 2.50. The zero-order chi connectivity index (χ0) is 14.7. The Kier molecular flexibility index (Phi) is 3.99. The molecule has 0 amide bonds. The van der Waals surface area contributed by atoms with E-state index in [9.17, 15) is 0 Å². The van der Waals surface area contributed by atoms with Crippen LogP contribution in [0.4, 0.5) is 17.5 Å². The van der Waals surface area contributed by atoms with Crippen LogP contribution in [-0.4, -0.2) is 28.3 Å². The lowest BCUT2D eigenvalue weighted by molar-refractivity contribution is 0.852. The number of nitrogens with one attached hydrogen (secondary N) is 1. The van der Waals surface area contributed by atoms with Gasteiger partial charge in [-0.1, -0.05) is 26.0 Å². The van der Waals surface area contributed by atoms with Crippen LogP contribution in [0.3, 0.4) is 0 Å². The van der Waals surface area contributed by atoms with Crippen LogP contribution in [0.25, 0.3) is 0 Å². The van der Waals surface area contributed by atoms with E-state index in [1.807, 2.05) is 0 Å². The second kappa shape index (κ2) is 6.08. The Morgan fingerprint density at radius 3 is 2.48 bits per heavy atom. The molecule has 5 heteroatoms. The quantitative estimate of drug-likeness (QED) is 0.932. The number of hydrogen-bond acceptors (Lipinski definition) is 5. The minimum absolute atomic E-state index is 0.543. The van der Waals surface area contributed by atoms with E-state index >= 15 is 0 Å². The van der Waals surface area contributed by atoms with Gasteiger partial charge in [-0.2, -0.15) is 10.1 Å². The highest BCUT2D eigenvalue weighted by atomic mass is 15.3. The molecule has 1 aliphatic rings. The molecule has 0 radical (unpaired) electrons. The van der Waals surface area contributed by atoms with Gasteiger partial charge >= 0.3 is 0 Å². The zero-order valence-electron chi connectivity index (χ0n) is 12.6. The van der Waals surface area contributed by atoms with E-state index in [4.69, 9.17) is 0 Å². The van der Waals surface area contributed by atoms with Gasteiger partial charge < -0.3 is 10.2 Å². The number of nitrogens with zero attached hydrogens (tertiary/aromatic N) is 4. The van der Waals surface area contributed by atoms with Gasteiger partial charge in [-0.3, -0.25) is 0 Å². The molecule has 2 aromatic rings. The molecule has 1 aromatic heterocycles. The van der Waals surface area contributed by atoms with Gasteiger partial charge in [-0.25, -0.2) is 0 Å². The topological polar surface area (TPSA) is 53.9 Å². The summed E-state index contributed by atoms with van der Waals surface area (Å²) in [5, 5.41) is 11.5. The van der Waals surface area contributed by atoms with Crippen molar-refractivity contribution in [3.63, 3.8) is 0 Å². The molecule has 21 heavy (non-hydrogen) atoms. The zero-order valence-corrected chi connectivity index (χ0v) is 12.6. The summed E-state index contributed by atoms with van der Waals surface area (Å²) in [6, 6.07) is 8.44. The van der Waals surface area contributed by atoms with Crippen molar-refractivity contribution >= 4 is 17.5 Å². The third-order valence-corrected chi connectivity index (χ3v) is 3.79. The van der Waals surface area contributed by atoms with Crippen molar-refractivity contribution in [3.05, 3.63) is 36.0 Å². The normalized spacial score (nSPS) is 14.7. The molecule has 2 heterocycles. The predicted molar refractivity (Wildman–Crippen MR) is 85.1 cm³/mol. The van der Waals surface area contributed by atoms with Gasteiger partial charge in [-0.15, -0.1) is 5.10 Å². The van der Waals surface area contributed by atoms with Crippen LogP contribution in [0.2, 0.25) is 0 Å². The minimum Gasteiger partial charge on any atom is -0.339 e. The number of anilines is 3. The van der Waals surface area contributed by atoms with E-state index in [0.29, 0.717) is 5.92 Å². The average molecular weight is 283 g/mol. The van der Waals surface area contributed by atoms with Crippen LogP contribution in [0.1, 0.15) is 38.2 Å². The molecule has 0 spiro atoms. The van der Waals surface area contributed by atoms with Gasteiger partial charge in [0.2, 0.25) is 5.95 Å². The van der Waals surface area contributed by atoms with Crippen LogP contribution in [-0.2, 0) is 0 Å². The van der Waals surface area contributed by atoms with E-state index in [-0.39, 0.29) is 0 Å². The largest absolute Gasteiger partial charge is 0.339 e. The SMILES string of the molecule is CC(C)c1ccc(Nc2cnnc(N3CCCC3)n2)cc1. The standard InChI is InChI=1S/C16H21N5/c1-12(2)13-5-7-14(8-6-13)18-15-11-17-20-16(19-15)21-9-3-4-10-21/h5-8,11-12H,3-4,9-10H2,1-2H3,(H,18,19,20). The summed E-state index contributed by atoms with van der Waals surface area (Å²) in [5.74, 6) is 2.00. The fourth-order valence-corrected chi connectivity index (χ4v) is 2.50. The van der Waals surface area contributed by atoms with Crippen LogP contribution < -0.4 is 10.2 Å². The molecule has 1 aliphatic heterocycles. The summed E-state index contributed by atoms with van der Waals surface area (Å²) < 4.78 is 0. The smallest absolute Gasteiger partial charge is 0.247 e. The minimum atomic E-state index is 0.543. The monoisotopic (exact) mass is 283 g/mol. The molecular formula is C16H21N5. The lowest BCUT2D eigenvalue weighted by Crippen LogP contribution is -2.21. The highest BCUT2D eigenvalue weighted by Gasteiger charge is 2.15. The summed E-state index contributed by atoms with van der Waals surface area (Å²) >= 11 is 0. The summed E-state index contributed by atoms with van der Waals surface area (Å²) in [6.07, 6.45) is 4.07. The number of aromatic nitrogens is 3. The van der Waals surface area contributed by atoms with Crippen molar-refractivity contribution in [2.24, 2.45) is 0 Å². The summed E-state index contributed by atoms with van der Waals surface area (Å²) in [7, 11) is 0. The van der Waals surface area contributed by atoms with E-state index in [1.54, 1.807) is 6.20 Å². The van der Waals surface area contributed by atoms with Crippen LogP contribution >= 0.6 is 0 Å². The fraction of sp³-hybridized carbons (Fsp3) is 0.438. The van der Waals surface area contributed by atoms with Gasteiger partial charge in [0, 0.05) is 18.8 Å². The van der Waals surface area contributed by atoms with Crippen LogP contribution in [0, 0.1) is 0 Å². The van der Waals surface area contributed by atoms with Gasteiger partial charge in [-0.05, 0) is 36.5 Å². The molecule has 0 bridgehead atoms. The number of benzene rings is 1. The van der Waals surface area contributed by atoms with Crippen molar-refractivity contribution in [1.82, 2.24) is 15.2 Å². The van der Waals surface area contributed by atoms with E-state index in [0.717, 1.165) is 30.5 Å². The van der Waals surface area contributed by atoms with Crippen molar-refractivity contribution < 1.29 is 0 Å². The predicted octanol–water partition coefficient (Wildman–Crippen LogP) is 3.34. The molecular weight excluding hydrogens is 262 g/mol. The van der Waals surface area contributed by atoms with Gasteiger partial charge in [0.05, 0.1) is 6.20 Å². The second-order valence-corrected chi connectivity index (χ2v) is 5.74. The summed E-state index contributed by atoms with van der Waals surface area (Å²) in [6.45, 7) is 6.43. The molecule has 5 nitrogen and oxygen atoms in total. The van der Waals surface area contributed by atoms with E-state index in [1.165, 1.54) is 18.4 Å². The Labute approximate surface area is 125 Å². The molecule has 1 N–H and O–H groups in total. The summed E-state index contributed by atoms with van der Waals surface area (Å²) in [5.41, 5.74) is 2.35. The molecule has 110 valence electrons. The first-order valence-corrected chi connectivity index (χ1v) is 7.54. The molecule has 0 aliphatic carbocycles. The van der Waals surface area contributed by atoms with E-state index < -0.39 is 0 Å². The van der Waals surface area contributed by atoms with Crippen molar-refractivity contribution in [2.75, 3.05) is 23.3 Å². The van der Waals surface area contributed by atoms with Gasteiger partial charge in [0.15, 0.2) is 5.82 Å². The molecule has 1 fully saturated rings. The summed E-state index contributed by atoms with van der Waals surface area (Å²) in [4.78, 5) is 6.73. The Bertz CT molecular complexity index is 588. The highest BCUT2D eigenvalue weighted by molar-refractivity contribution is 5.56. The molecule has 0 atom stereocenters. The third kappa shape index (κ3) is 3.29. The lowest BCUT2D eigenvalue weighted by Gasteiger charge is -2.15. The first-order chi connectivity index (χ1) is 10.2. The third-order valence-electron chi connectivity index (χ3n) is 3.79. The maximum atomic E-state index is 4.55. The lowest BCUT2D eigenvalue weighted by atomic mass is 10.0. The average Bonchev–Trinajstić information content (AvgIpc) is 3.02. The first-order valence-electron chi connectivity index (χ1n) is 7.54. The molecule has 3 rings (SSSR count). The van der Waals surface area contributed by atoms with E-state index in [2.05, 4.69) is 63.5 Å². The first kappa shape index (κ1) is 13.8. The Balaban J connectivity index is 1.73. The Hall–Kier alpha value is -2.17. The number of rotatable bonds is 4. The molecule has 1 aromatic carbocycles. The number of hydrogen-bond donors (Lipinski definition) is 1. The van der Waals surface area contributed by atoms with Crippen molar-refractivity contribution in [3.8, 4) is 0 Å². The Morgan fingerprint density at radius 2 is 1.81 bits per heavy atom. The Morgan fingerprint density at radius 1 is 1.10 bits per heavy atom. The molecule has 1 saturated heterocycles.